The molecule has 15 heavy (non-hydrogen) atoms. The number of benzene rings is 1. The van der Waals surface area contributed by atoms with Gasteiger partial charge in [-0.1, -0.05) is 6.07 Å². The van der Waals surface area contributed by atoms with Gasteiger partial charge < -0.3 is 10.1 Å². The van der Waals surface area contributed by atoms with E-state index >= 15 is 0 Å². The number of aromatic nitrogens is 2. The predicted octanol–water partition coefficient (Wildman–Crippen LogP) is 1.18. The maximum Gasteiger partial charge on any atom is 0.327 e. The van der Waals surface area contributed by atoms with Gasteiger partial charge in [0.15, 0.2) is 0 Å². The minimum Gasteiger partial charge on any atom is -0.480 e. The maximum absolute atomic E-state index is 11.4. The molecule has 1 aromatic carbocycles. The summed E-state index contributed by atoms with van der Waals surface area (Å²) in [6.07, 6.45) is 0. The average Bonchev–Trinajstić information content (AvgIpc) is 2.43. The standard InChI is InChI=1S/C9H7BrN2O3/c10-5-2-1-3-6-8(5)12(4-7(13)14)9(15)11-6/h1-3H,4H2,(H,11,15)(H,13,14). The molecule has 0 amide bonds. The smallest absolute Gasteiger partial charge is 0.327 e. The van der Waals surface area contributed by atoms with Crippen LogP contribution in [0.25, 0.3) is 11.0 Å². The lowest BCUT2D eigenvalue weighted by molar-refractivity contribution is -0.137. The van der Waals surface area contributed by atoms with Crippen LogP contribution in [0.15, 0.2) is 27.5 Å². The van der Waals surface area contributed by atoms with Crippen molar-refractivity contribution < 1.29 is 9.90 Å². The number of imidazole rings is 1. The molecule has 0 saturated carbocycles. The number of aromatic amines is 1. The molecule has 0 radical (unpaired) electrons. The number of rotatable bonds is 2. The van der Waals surface area contributed by atoms with Gasteiger partial charge in [0.25, 0.3) is 0 Å². The summed E-state index contributed by atoms with van der Waals surface area (Å²) in [4.78, 5) is 24.6. The van der Waals surface area contributed by atoms with Gasteiger partial charge in [-0.3, -0.25) is 9.36 Å². The second kappa shape index (κ2) is 3.54. The van der Waals surface area contributed by atoms with Crippen LogP contribution < -0.4 is 5.69 Å². The number of nitrogens with zero attached hydrogens (tertiary/aromatic N) is 1. The Labute approximate surface area is 92.5 Å². The third-order valence-electron chi connectivity index (χ3n) is 2.04. The van der Waals surface area contributed by atoms with Crippen molar-refractivity contribution in [2.45, 2.75) is 6.54 Å². The minimum absolute atomic E-state index is 0.346. The largest absolute Gasteiger partial charge is 0.480 e. The third kappa shape index (κ3) is 1.68. The number of hydrogen-bond acceptors (Lipinski definition) is 2. The molecule has 1 aromatic heterocycles. The van der Waals surface area contributed by atoms with E-state index < -0.39 is 11.7 Å². The van der Waals surface area contributed by atoms with E-state index in [0.717, 1.165) is 0 Å². The predicted molar refractivity (Wildman–Crippen MR) is 57.9 cm³/mol. The first-order valence-corrected chi connectivity index (χ1v) is 4.97. The number of halogens is 1. The second-order valence-electron chi connectivity index (χ2n) is 3.05. The first kappa shape index (κ1) is 9.97. The average molecular weight is 271 g/mol. The summed E-state index contributed by atoms with van der Waals surface area (Å²) in [5.74, 6) is -1.05. The highest BCUT2D eigenvalue weighted by Crippen LogP contribution is 2.21. The van der Waals surface area contributed by atoms with Gasteiger partial charge in [-0.15, -0.1) is 0 Å². The number of carboxylic acids is 1. The van der Waals surface area contributed by atoms with Gasteiger partial charge >= 0.3 is 11.7 Å². The van der Waals surface area contributed by atoms with E-state index in [1.165, 1.54) is 4.57 Å². The highest BCUT2D eigenvalue weighted by Gasteiger charge is 2.11. The number of fused-ring (bicyclic) bond motifs is 1. The fourth-order valence-corrected chi connectivity index (χ4v) is 2.04. The summed E-state index contributed by atoms with van der Waals surface area (Å²) in [6, 6.07) is 5.25. The Morgan fingerprint density at radius 1 is 1.53 bits per heavy atom. The van der Waals surface area contributed by atoms with E-state index in [2.05, 4.69) is 20.9 Å². The first-order valence-electron chi connectivity index (χ1n) is 4.18. The summed E-state index contributed by atoms with van der Waals surface area (Å²) in [5, 5.41) is 8.67. The van der Waals surface area contributed by atoms with E-state index in [-0.39, 0.29) is 6.54 Å². The molecule has 78 valence electrons. The number of nitrogens with one attached hydrogen (secondary N) is 1. The van der Waals surface area contributed by atoms with Gasteiger partial charge in [0.05, 0.1) is 11.0 Å². The summed E-state index contributed by atoms with van der Waals surface area (Å²) in [7, 11) is 0. The first-order chi connectivity index (χ1) is 7.09. The lowest BCUT2D eigenvalue weighted by atomic mass is 10.3. The van der Waals surface area contributed by atoms with Gasteiger partial charge in [0.1, 0.15) is 6.54 Å². The van der Waals surface area contributed by atoms with E-state index in [9.17, 15) is 9.59 Å². The zero-order chi connectivity index (χ0) is 11.0. The van der Waals surface area contributed by atoms with Crippen LogP contribution in [0.2, 0.25) is 0 Å². The monoisotopic (exact) mass is 270 g/mol. The Hall–Kier alpha value is -1.56. The Morgan fingerprint density at radius 2 is 2.27 bits per heavy atom. The zero-order valence-corrected chi connectivity index (χ0v) is 9.11. The van der Waals surface area contributed by atoms with E-state index in [4.69, 9.17) is 5.11 Å². The fourth-order valence-electron chi connectivity index (χ4n) is 1.46. The molecule has 0 aliphatic heterocycles. The summed E-state index contributed by atoms with van der Waals surface area (Å²) < 4.78 is 1.88. The Balaban J connectivity index is 2.76. The third-order valence-corrected chi connectivity index (χ3v) is 2.68. The summed E-state index contributed by atoms with van der Waals surface area (Å²) in [5.41, 5.74) is 0.778. The molecule has 2 aromatic rings. The van der Waals surface area contributed by atoms with Crippen molar-refractivity contribution in [3.8, 4) is 0 Å². The van der Waals surface area contributed by atoms with Crippen molar-refractivity contribution in [2.75, 3.05) is 0 Å². The number of carboxylic acid groups (broad SMARTS) is 1. The van der Waals surface area contributed by atoms with Crippen LogP contribution in [-0.4, -0.2) is 20.6 Å². The van der Waals surface area contributed by atoms with Crippen molar-refractivity contribution in [1.82, 2.24) is 9.55 Å². The van der Waals surface area contributed by atoms with Crippen molar-refractivity contribution in [1.29, 1.82) is 0 Å². The SMILES string of the molecule is O=C(O)Cn1c(=O)[nH]c2cccc(Br)c21. The fraction of sp³-hybridized carbons (Fsp3) is 0.111. The Bertz CT molecular complexity index is 585. The van der Waals surface area contributed by atoms with Crippen LogP contribution >= 0.6 is 15.9 Å². The lowest BCUT2D eigenvalue weighted by Crippen LogP contribution is -2.21. The lowest BCUT2D eigenvalue weighted by Gasteiger charge is -2.00. The van der Waals surface area contributed by atoms with Gasteiger partial charge in [-0.05, 0) is 28.1 Å². The molecule has 0 spiro atoms. The van der Waals surface area contributed by atoms with Crippen molar-refractivity contribution in [3.63, 3.8) is 0 Å². The number of para-hydroxylation sites is 1. The Morgan fingerprint density at radius 3 is 2.93 bits per heavy atom. The molecule has 0 unspecified atom stereocenters. The van der Waals surface area contributed by atoms with E-state index in [1.807, 2.05) is 0 Å². The molecule has 0 aliphatic carbocycles. The molecule has 0 atom stereocenters. The molecule has 0 fully saturated rings. The summed E-state index contributed by atoms with van der Waals surface area (Å²) in [6.45, 7) is -0.346. The highest BCUT2D eigenvalue weighted by molar-refractivity contribution is 9.10. The normalized spacial score (nSPS) is 10.7. The van der Waals surface area contributed by atoms with Crippen LogP contribution in [-0.2, 0) is 11.3 Å². The molecular weight excluding hydrogens is 264 g/mol. The molecule has 1 heterocycles. The van der Waals surface area contributed by atoms with Crippen LogP contribution in [0.5, 0.6) is 0 Å². The highest BCUT2D eigenvalue weighted by atomic mass is 79.9. The van der Waals surface area contributed by atoms with Gasteiger partial charge in [-0.2, -0.15) is 0 Å². The van der Waals surface area contributed by atoms with Gasteiger partial charge in [0, 0.05) is 4.47 Å². The van der Waals surface area contributed by atoms with Gasteiger partial charge in [0.2, 0.25) is 0 Å². The molecule has 5 nitrogen and oxygen atoms in total. The molecule has 0 saturated heterocycles. The van der Waals surface area contributed by atoms with E-state index in [0.29, 0.717) is 15.5 Å². The minimum atomic E-state index is -1.05. The van der Waals surface area contributed by atoms with Crippen LogP contribution in [0.1, 0.15) is 0 Å². The van der Waals surface area contributed by atoms with Crippen molar-refractivity contribution >= 4 is 32.9 Å². The Kier molecular flexibility index (Phi) is 2.36. The number of H-pyrrole nitrogens is 1. The molecule has 6 heteroatoms. The number of aliphatic carboxylic acids is 1. The van der Waals surface area contributed by atoms with Crippen LogP contribution in [0.4, 0.5) is 0 Å². The topological polar surface area (TPSA) is 75.1 Å². The molecule has 0 bridgehead atoms. The van der Waals surface area contributed by atoms with Crippen molar-refractivity contribution in [2.24, 2.45) is 0 Å². The van der Waals surface area contributed by atoms with Crippen LogP contribution in [0.3, 0.4) is 0 Å². The molecule has 0 aliphatic rings. The quantitative estimate of drug-likeness (QED) is 0.861. The maximum atomic E-state index is 11.4. The number of carbonyl (C=O) groups is 1. The molecule has 2 rings (SSSR count). The van der Waals surface area contributed by atoms with E-state index in [1.54, 1.807) is 18.2 Å². The number of hydrogen-bond donors (Lipinski definition) is 2. The van der Waals surface area contributed by atoms with Crippen LogP contribution in [0, 0.1) is 0 Å². The molecule has 2 N–H and O–H groups in total. The molecular formula is C9H7BrN2O3. The van der Waals surface area contributed by atoms with Crippen molar-refractivity contribution in [3.05, 3.63) is 33.2 Å². The second-order valence-corrected chi connectivity index (χ2v) is 3.90. The van der Waals surface area contributed by atoms with Gasteiger partial charge in [-0.25, -0.2) is 4.79 Å². The summed E-state index contributed by atoms with van der Waals surface area (Å²) >= 11 is 3.28. The zero-order valence-electron chi connectivity index (χ0n) is 7.53.